The van der Waals surface area contributed by atoms with E-state index in [9.17, 15) is 4.79 Å². The molecule has 0 aliphatic carbocycles. The molecule has 3 rings (SSSR count). The van der Waals surface area contributed by atoms with Gasteiger partial charge in [0.1, 0.15) is 0 Å². The first-order chi connectivity index (χ1) is 9.24. The van der Waals surface area contributed by atoms with Gasteiger partial charge in [-0.2, -0.15) is 0 Å². The number of amides is 1. The van der Waals surface area contributed by atoms with Crippen molar-refractivity contribution >= 4 is 5.91 Å². The van der Waals surface area contributed by atoms with E-state index in [1.54, 1.807) is 0 Å². The summed E-state index contributed by atoms with van der Waals surface area (Å²) in [4.78, 5) is 14.6. The van der Waals surface area contributed by atoms with Gasteiger partial charge in [-0.05, 0) is 36.3 Å². The standard InChI is InChI=1S/C16H22N2O/c1-12-5-4-8-18(11-12)16(19)15-9-13-6-2-3-7-14(13)10-17-15/h2-3,6-7,12,15,17H,4-5,8-11H2,1H3. The van der Waals surface area contributed by atoms with Gasteiger partial charge < -0.3 is 10.2 Å². The highest BCUT2D eigenvalue weighted by Gasteiger charge is 2.29. The van der Waals surface area contributed by atoms with Crippen molar-refractivity contribution in [2.45, 2.75) is 38.8 Å². The molecule has 2 aliphatic heterocycles. The predicted octanol–water partition coefficient (Wildman–Crippen LogP) is 1.96. The maximum absolute atomic E-state index is 12.6. The lowest BCUT2D eigenvalue weighted by molar-refractivity contribution is -0.135. The minimum atomic E-state index is -0.0276. The highest BCUT2D eigenvalue weighted by molar-refractivity contribution is 5.82. The third-order valence-electron chi connectivity index (χ3n) is 4.35. The number of carbonyl (C=O) groups excluding carboxylic acids is 1. The van der Waals surface area contributed by atoms with Crippen LogP contribution in [0.5, 0.6) is 0 Å². The third-order valence-corrected chi connectivity index (χ3v) is 4.35. The second-order valence-corrected chi connectivity index (χ2v) is 5.94. The van der Waals surface area contributed by atoms with Crippen LogP contribution in [0.3, 0.4) is 0 Å². The fourth-order valence-electron chi connectivity index (χ4n) is 3.24. The summed E-state index contributed by atoms with van der Waals surface area (Å²) < 4.78 is 0. The summed E-state index contributed by atoms with van der Waals surface area (Å²) >= 11 is 0. The Morgan fingerprint density at radius 1 is 1.32 bits per heavy atom. The molecule has 0 bridgehead atoms. The van der Waals surface area contributed by atoms with Crippen LogP contribution in [-0.4, -0.2) is 29.9 Å². The molecule has 1 fully saturated rings. The van der Waals surface area contributed by atoms with Crippen LogP contribution in [0.15, 0.2) is 24.3 Å². The van der Waals surface area contributed by atoms with E-state index in [4.69, 9.17) is 0 Å². The molecule has 0 aromatic heterocycles. The number of rotatable bonds is 1. The van der Waals surface area contributed by atoms with Crippen molar-refractivity contribution in [3.05, 3.63) is 35.4 Å². The SMILES string of the molecule is CC1CCCN(C(=O)C2Cc3ccccc3CN2)C1. The molecule has 1 N–H and O–H groups in total. The van der Waals surface area contributed by atoms with Crippen LogP contribution in [0.2, 0.25) is 0 Å². The highest BCUT2D eigenvalue weighted by Crippen LogP contribution is 2.20. The third kappa shape index (κ3) is 2.66. The first-order valence-corrected chi connectivity index (χ1v) is 7.33. The number of carbonyl (C=O) groups is 1. The Labute approximate surface area is 115 Å². The molecule has 3 nitrogen and oxygen atoms in total. The van der Waals surface area contributed by atoms with Gasteiger partial charge in [-0.15, -0.1) is 0 Å². The lowest BCUT2D eigenvalue weighted by Gasteiger charge is -2.35. The van der Waals surface area contributed by atoms with E-state index in [2.05, 4.69) is 41.4 Å². The Bertz CT molecular complexity index is 472. The molecule has 1 aromatic carbocycles. The molecule has 0 spiro atoms. The Hall–Kier alpha value is -1.35. The monoisotopic (exact) mass is 258 g/mol. The molecular formula is C16H22N2O. The molecule has 102 valence electrons. The zero-order valence-electron chi connectivity index (χ0n) is 11.6. The quantitative estimate of drug-likeness (QED) is 0.835. The van der Waals surface area contributed by atoms with Gasteiger partial charge in [0.25, 0.3) is 0 Å². The molecule has 19 heavy (non-hydrogen) atoms. The molecule has 0 radical (unpaired) electrons. The van der Waals surface area contributed by atoms with Crippen molar-refractivity contribution in [1.29, 1.82) is 0 Å². The Balaban J connectivity index is 1.69. The molecule has 1 amide bonds. The van der Waals surface area contributed by atoms with Gasteiger partial charge in [-0.1, -0.05) is 31.2 Å². The molecule has 1 aromatic rings. The number of nitrogens with one attached hydrogen (secondary N) is 1. The van der Waals surface area contributed by atoms with Gasteiger partial charge in [0.15, 0.2) is 0 Å². The van der Waals surface area contributed by atoms with Gasteiger partial charge in [0.2, 0.25) is 5.91 Å². The van der Waals surface area contributed by atoms with Crippen LogP contribution in [0.4, 0.5) is 0 Å². The minimum Gasteiger partial charge on any atom is -0.341 e. The summed E-state index contributed by atoms with van der Waals surface area (Å²) in [6.45, 7) is 4.92. The molecule has 2 aliphatic rings. The largest absolute Gasteiger partial charge is 0.341 e. The molecule has 2 atom stereocenters. The molecule has 2 heterocycles. The number of likely N-dealkylation sites (tertiary alicyclic amines) is 1. The average Bonchev–Trinajstić information content (AvgIpc) is 2.46. The summed E-state index contributed by atoms with van der Waals surface area (Å²) in [6.07, 6.45) is 3.24. The Kier molecular flexibility index (Phi) is 3.56. The number of benzene rings is 1. The van der Waals surface area contributed by atoms with E-state index in [1.807, 2.05) is 0 Å². The number of piperidine rings is 1. The fraction of sp³-hybridized carbons (Fsp3) is 0.562. The van der Waals surface area contributed by atoms with Gasteiger partial charge in [-0.25, -0.2) is 0 Å². The summed E-state index contributed by atoms with van der Waals surface area (Å²) in [5.74, 6) is 0.939. The van der Waals surface area contributed by atoms with Gasteiger partial charge in [0, 0.05) is 19.6 Å². The maximum Gasteiger partial charge on any atom is 0.240 e. The van der Waals surface area contributed by atoms with E-state index in [0.717, 1.165) is 32.5 Å². The molecule has 0 saturated carbocycles. The molecule has 3 heteroatoms. The normalized spacial score (nSPS) is 26.9. The van der Waals surface area contributed by atoms with Gasteiger partial charge in [0.05, 0.1) is 6.04 Å². The summed E-state index contributed by atoms with van der Waals surface area (Å²) in [6, 6.07) is 8.39. The number of fused-ring (bicyclic) bond motifs is 1. The summed E-state index contributed by atoms with van der Waals surface area (Å²) in [5.41, 5.74) is 2.66. The fourth-order valence-corrected chi connectivity index (χ4v) is 3.24. The van der Waals surface area contributed by atoms with E-state index >= 15 is 0 Å². The van der Waals surface area contributed by atoms with Gasteiger partial charge in [-0.3, -0.25) is 4.79 Å². The predicted molar refractivity (Wildman–Crippen MR) is 75.8 cm³/mol. The minimum absolute atomic E-state index is 0.0276. The van der Waals surface area contributed by atoms with Crippen LogP contribution in [0.25, 0.3) is 0 Å². The first kappa shape index (κ1) is 12.7. The van der Waals surface area contributed by atoms with Crippen molar-refractivity contribution in [3.63, 3.8) is 0 Å². The van der Waals surface area contributed by atoms with Crippen LogP contribution in [0.1, 0.15) is 30.9 Å². The smallest absolute Gasteiger partial charge is 0.240 e. The topological polar surface area (TPSA) is 32.3 Å². The lowest BCUT2D eigenvalue weighted by atomic mass is 9.94. The van der Waals surface area contributed by atoms with Crippen molar-refractivity contribution in [3.8, 4) is 0 Å². The Morgan fingerprint density at radius 2 is 2.11 bits per heavy atom. The number of hydrogen-bond donors (Lipinski definition) is 1. The van der Waals surface area contributed by atoms with E-state index in [-0.39, 0.29) is 6.04 Å². The zero-order chi connectivity index (χ0) is 13.2. The molecule has 2 unspecified atom stereocenters. The van der Waals surface area contributed by atoms with Crippen LogP contribution in [0, 0.1) is 5.92 Å². The zero-order valence-corrected chi connectivity index (χ0v) is 11.6. The lowest BCUT2D eigenvalue weighted by Crippen LogP contribution is -2.51. The number of hydrogen-bond acceptors (Lipinski definition) is 2. The van der Waals surface area contributed by atoms with Crippen LogP contribution in [-0.2, 0) is 17.8 Å². The second kappa shape index (κ2) is 5.33. The van der Waals surface area contributed by atoms with E-state index in [0.29, 0.717) is 11.8 Å². The van der Waals surface area contributed by atoms with Crippen molar-refractivity contribution in [2.75, 3.05) is 13.1 Å². The highest BCUT2D eigenvalue weighted by atomic mass is 16.2. The van der Waals surface area contributed by atoms with E-state index < -0.39 is 0 Å². The first-order valence-electron chi connectivity index (χ1n) is 7.33. The van der Waals surface area contributed by atoms with Crippen molar-refractivity contribution in [1.82, 2.24) is 10.2 Å². The average molecular weight is 258 g/mol. The van der Waals surface area contributed by atoms with Crippen molar-refractivity contribution in [2.24, 2.45) is 5.92 Å². The molecular weight excluding hydrogens is 236 g/mol. The van der Waals surface area contributed by atoms with Crippen LogP contribution < -0.4 is 5.32 Å². The summed E-state index contributed by atoms with van der Waals surface area (Å²) in [7, 11) is 0. The maximum atomic E-state index is 12.6. The van der Waals surface area contributed by atoms with Gasteiger partial charge >= 0.3 is 0 Å². The van der Waals surface area contributed by atoms with E-state index in [1.165, 1.54) is 17.5 Å². The second-order valence-electron chi connectivity index (χ2n) is 5.94. The summed E-state index contributed by atoms with van der Waals surface area (Å²) in [5, 5.41) is 3.40. The van der Waals surface area contributed by atoms with Crippen LogP contribution >= 0.6 is 0 Å². The molecule has 1 saturated heterocycles. The Morgan fingerprint density at radius 3 is 2.89 bits per heavy atom. The van der Waals surface area contributed by atoms with Crippen molar-refractivity contribution < 1.29 is 4.79 Å². The number of nitrogens with zero attached hydrogens (tertiary/aromatic N) is 1.